The maximum atomic E-state index is 6.16. The molecule has 0 N–H and O–H groups in total. The van der Waals surface area contributed by atoms with E-state index >= 15 is 0 Å². The third-order valence-electron chi connectivity index (χ3n) is 6.02. The molecule has 0 aromatic heterocycles. The van der Waals surface area contributed by atoms with Gasteiger partial charge in [-0.2, -0.15) is 0 Å². The van der Waals surface area contributed by atoms with Crippen LogP contribution in [0.15, 0.2) is 0 Å². The predicted molar refractivity (Wildman–Crippen MR) is 68.6 cm³/mol. The summed E-state index contributed by atoms with van der Waals surface area (Å²) in [5.74, 6) is -0.354. The van der Waals surface area contributed by atoms with E-state index in [4.69, 9.17) is 18.9 Å². The molecule has 0 unspecified atom stereocenters. The first-order chi connectivity index (χ1) is 9.23. The predicted octanol–water partition coefficient (Wildman–Crippen LogP) is 2.46. The molecule has 0 amide bonds. The Bertz CT molecular complexity index is 325. The molecule has 2 heterocycles. The summed E-state index contributed by atoms with van der Waals surface area (Å²) in [5.41, 5.74) is -0.163. The molecule has 4 rings (SSSR count). The molecule has 2 aliphatic carbocycles. The average molecular weight is 268 g/mol. The van der Waals surface area contributed by atoms with Gasteiger partial charge in [0.25, 0.3) is 0 Å². The van der Waals surface area contributed by atoms with Gasteiger partial charge >= 0.3 is 0 Å². The van der Waals surface area contributed by atoms with E-state index in [1.54, 1.807) is 0 Å². The van der Waals surface area contributed by atoms with Crippen LogP contribution in [0, 0.1) is 11.3 Å². The Hall–Kier alpha value is -0.160. The van der Waals surface area contributed by atoms with Gasteiger partial charge in [0.15, 0.2) is 11.6 Å². The number of hydrogen-bond donors (Lipinski definition) is 0. The van der Waals surface area contributed by atoms with Crippen molar-refractivity contribution in [3.05, 3.63) is 0 Å². The Morgan fingerprint density at radius 2 is 1.16 bits per heavy atom. The molecular weight excluding hydrogens is 244 g/mol. The van der Waals surface area contributed by atoms with Crippen molar-refractivity contribution in [3.8, 4) is 0 Å². The summed E-state index contributed by atoms with van der Waals surface area (Å²) in [4.78, 5) is 0. The van der Waals surface area contributed by atoms with Gasteiger partial charge in [0.1, 0.15) is 0 Å². The lowest BCUT2D eigenvalue weighted by molar-refractivity contribution is -0.379. The maximum Gasteiger partial charge on any atom is 0.179 e. The van der Waals surface area contributed by atoms with Crippen LogP contribution in [0.4, 0.5) is 0 Å². The third kappa shape index (κ3) is 1.44. The normalized spacial score (nSPS) is 43.7. The van der Waals surface area contributed by atoms with E-state index < -0.39 is 11.6 Å². The van der Waals surface area contributed by atoms with E-state index in [2.05, 4.69) is 6.92 Å². The van der Waals surface area contributed by atoms with Gasteiger partial charge in [-0.1, -0.05) is 0 Å². The van der Waals surface area contributed by atoms with E-state index in [9.17, 15) is 0 Å². The van der Waals surface area contributed by atoms with Crippen LogP contribution >= 0.6 is 0 Å². The molecule has 2 saturated heterocycles. The topological polar surface area (TPSA) is 36.9 Å². The Balaban J connectivity index is 1.81. The molecule has 0 atom stereocenters. The Morgan fingerprint density at radius 1 is 0.737 bits per heavy atom. The summed E-state index contributed by atoms with van der Waals surface area (Å²) in [6.07, 6.45) is 6.84. The van der Waals surface area contributed by atoms with Gasteiger partial charge in [0.05, 0.1) is 31.8 Å². The highest BCUT2D eigenvalue weighted by Gasteiger charge is 2.71. The Kier molecular flexibility index (Phi) is 2.76. The highest BCUT2D eigenvalue weighted by atomic mass is 16.8. The van der Waals surface area contributed by atoms with Crippen molar-refractivity contribution in [2.45, 2.75) is 57.0 Å². The largest absolute Gasteiger partial charge is 0.347 e. The number of rotatable bonds is 0. The lowest BCUT2D eigenvalue weighted by Gasteiger charge is -2.61. The van der Waals surface area contributed by atoms with Crippen molar-refractivity contribution in [2.24, 2.45) is 11.3 Å². The zero-order valence-corrected chi connectivity index (χ0v) is 11.8. The van der Waals surface area contributed by atoms with Crippen LogP contribution in [-0.4, -0.2) is 38.0 Å². The molecule has 0 radical (unpaired) electrons. The van der Waals surface area contributed by atoms with E-state index in [0.29, 0.717) is 32.3 Å². The van der Waals surface area contributed by atoms with Gasteiger partial charge in [-0.25, -0.2) is 0 Å². The molecule has 0 aromatic carbocycles. The van der Waals surface area contributed by atoms with Gasteiger partial charge in [0, 0.05) is 12.8 Å². The smallest absolute Gasteiger partial charge is 0.179 e. The van der Waals surface area contributed by atoms with Gasteiger partial charge in [-0.05, 0) is 38.5 Å². The van der Waals surface area contributed by atoms with Crippen molar-refractivity contribution in [3.63, 3.8) is 0 Å². The monoisotopic (exact) mass is 268 g/mol. The lowest BCUT2D eigenvalue weighted by Crippen LogP contribution is -2.68. The van der Waals surface area contributed by atoms with E-state index in [0.717, 1.165) is 12.8 Å². The molecule has 4 aliphatic rings. The first-order valence-electron chi connectivity index (χ1n) is 7.78. The number of ether oxygens (including phenoxy) is 4. The molecule has 2 aliphatic heterocycles. The van der Waals surface area contributed by atoms with Crippen molar-refractivity contribution >= 4 is 0 Å². The summed E-state index contributed by atoms with van der Waals surface area (Å²) in [6.45, 7) is 5.13. The second-order valence-corrected chi connectivity index (χ2v) is 6.58. The summed E-state index contributed by atoms with van der Waals surface area (Å²) in [7, 11) is 0. The molecule has 108 valence electrons. The zero-order chi connectivity index (χ0) is 13.0. The highest BCUT2D eigenvalue weighted by molar-refractivity contribution is 5.11. The van der Waals surface area contributed by atoms with Crippen molar-refractivity contribution in [1.29, 1.82) is 0 Å². The fourth-order valence-electron chi connectivity index (χ4n) is 5.11. The second-order valence-electron chi connectivity index (χ2n) is 6.58. The highest BCUT2D eigenvalue weighted by Crippen LogP contribution is 2.64. The van der Waals surface area contributed by atoms with Crippen molar-refractivity contribution < 1.29 is 18.9 Å². The minimum Gasteiger partial charge on any atom is -0.347 e. The molecule has 4 nitrogen and oxygen atoms in total. The Labute approximate surface area is 114 Å². The first-order valence-corrected chi connectivity index (χ1v) is 7.78. The Morgan fingerprint density at radius 3 is 1.58 bits per heavy atom. The summed E-state index contributed by atoms with van der Waals surface area (Å²) >= 11 is 0. The molecule has 4 fully saturated rings. The van der Waals surface area contributed by atoms with Crippen LogP contribution in [0.2, 0.25) is 0 Å². The zero-order valence-electron chi connectivity index (χ0n) is 11.8. The van der Waals surface area contributed by atoms with Crippen LogP contribution in [-0.2, 0) is 18.9 Å². The fourth-order valence-corrected chi connectivity index (χ4v) is 5.11. The third-order valence-corrected chi connectivity index (χ3v) is 6.02. The minimum atomic E-state index is -0.472. The molecule has 2 spiro atoms. The maximum absolute atomic E-state index is 6.16. The van der Waals surface area contributed by atoms with Crippen molar-refractivity contribution in [2.75, 3.05) is 26.4 Å². The molecular formula is C15H24O4. The van der Waals surface area contributed by atoms with Crippen LogP contribution in [0.5, 0.6) is 0 Å². The second kappa shape index (κ2) is 4.17. The SMILES string of the molecule is CC12C(CCCC13OCCO3)CCCC21OCCO1. The molecule has 4 heteroatoms. The van der Waals surface area contributed by atoms with E-state index in [1.165, 1.54) is 25.7 Å². The summed E-state index contributed by atoms with van der Waals surface area (Å²) < 4.78 is 24.6. The van der Waals surface area contributed by atoms with Crippen LogP contribution in [0.25, 0.3) is 0 Å². The average Bonchev–Trinajstić information content (AvgIpc) is 3.05. The van der Waals surface area contributed by atoms with Gasteiger partial charge in [-0.3, -0.25) is 0 Å². The number of fused-ring (bicyclic) bond motifs is 3. The number of hydrogen-bond acceptors (Lipinski definition) is 4. The van der Waals surface area contributed by atoms with Gasteiger partial charge in [0.2, 0.25) is 0 Å². The lowest BCUT2D eigenvalue weighted by atomic mass is 9.54. The molecule has 0 bridgehead atoms. The van der Waals surface area contributed by atoms with E-state index in [-0.39, 0.29) is 5.41 Å². The summed E-state index contributed by atoms with van der Waals surface area (Å²) in [6, 6.07) is 0. The van der Waals surface area contributed by atoms with Crippen LogP contribution < -0.4 is 0 Å². The van der Waals surface area contributed by atoms with Gasteiger partial charge < -0.3 is 18.9 Å². The van der Waals surface area contributed by atoms with Gasteiger partial charge in [-0.15, -0.1) is 0 Å². The standard InChI is InChI=1S/C15H24O4/c1-13-12(4-2-6-14(13)16-8-9-17-14)5-3-7-15(13)18-10-11-19-15/h12H,2-11H2,1H3. The van der Waals surface area contributed by atoms with E-state index in [1.807, 2.05) is 0 Å². The van der Waals surface area contributed by atoms with Crippen molar-refractivity contribution in [1.82, 2.24) is 0 Å². The van der Waals surface area contributed by atoms with Crippen LogP contribution in [0.3, 0.4) is 0 Å². The fraction of sp³-hybridized carbons (Fsp3) is 1.00. The van der Waals surface area contributed by atoms with Crippen LogP contribution in [0.1, 0.15) is 45.4 Å². The summed E-state index contributed by atoms with van der Waals surface area (Å²) in [5, 5.41) is 0. The first kappa shape index (κ1) is 12.6. The molecule has 2 saturated carbocycles. The molecule has 0 aromatic rings. The quantitative estimate of drug-likeness (QED) is 0.676. The minimum absolute atomic E-state index is 0.163. The molecule has 19 heavy (non-hydrogen) atoms.